The molecule has 0 saturated heterocycles. The number of esters is 1. The second kappa shape index (κ2) is 11.3. The molecule has 1 aromatic rings. The van der Waals surface area contributed by atoms with Crippen LogP contribution in [-0.4, -0.2) is 43.1 Å². The van der Waals surface area contributed by atoms with E-state index in [-0.39, 0.29) is 24.9 Å². The Labute approximate surface area is 156 Å². The van der Waals surface area contributed by atoms with Gasteiger partial charge in [0.05, 0.1) is 13.0 Å². The lowest BCUT2D eigenvalue weighted by molar-refractivity contribution is -0.144. The van der Waals surface area contributed by atoms with Crippen molar-refractivity contribution in [3.8, 4) is 5.75 Å². The van der Waals surface area contributed by atoms with E-state index in [0.29, 0.717) is 25.4 Å². The van der Waals surface area contributed by atoms with Crippen molar-refractivity contribution in [3.63, 3.8) is 0 Å². The minimum Gasteiger partial charge on any atom is -0.484 e. The Balaban J connectivity index is 1.88. The third kappa shape index (κ3) is 7.30. The Morgan fingerprint density at radius 1 is 1.12 bits per heavy atom. The first-order valence-electron chi connectivity index (χ1n) is 9.48. The van der Waals surface area contributed by atoms with E-state index in [9.17, 15) is 9.59 Å². The number of ether oxygens (including phenoxy) is 2. The van der Waals surface area contributed by atoms with Crippen LogP contribution in [0.3, 0.4) is 0 Å². The van der Waals surface area contributed by atoms with Gasteiger partial charge in [-0.2, -0.15) is 0 Å². The molecule has 5 nitrogen and oxygen atoms in total. The van der Waals surface area contributed by atoms with Crippen LogP contribution < -0.4 is 4.74 Å². The highest BCUT2D eigenvalue weighted by molar-refractivity contribution is 5.78. The summed E-state index contributed by atoms with van der Waals surface area (Å²) in [4.78, 5) is 26.0. The SMILES string of the molecule is CCOC(=O)CCN(CCC1=CCCCC1)C(=O)COc1ccccc1. The van der Waals surface area contributed by atoms with Gasteiger partial charge in [0.15, 0.2) is 6.61 Å². The fourth-order valence-electron chi connectivity index (χ4n) is 2.98. The van der Waals surface area contributed by atoms with Crippen molar-refractivity contribution in [2.24, 2.45) is 0 Å². The second-order valence-electron chi connectivity index (χ2n) is 6.40. The number of benzene rings is 1. The summed E-state index contributed by atoms with van der Waals surface area (Å²) in [5.74, 6) is 0.293. The summed E-state index contributed by atoms with van der Waals surface area (Å²) in [5.41, 5.74) is 1.41. The van der Waals surface area contributed by atoms with Crippen LogP contribution in [0, 0.1) is 0 Å². The van der Waals surface area contributed by atoms with Crippen LogP contribution in [0.1, 0.15) is 45.4 Å². The molecular weight excluding hydrogens is 330 g/mol. The molecule has 0 unspecified atom stereocenters. The summed E-state index contributed by atoms with van der Waals surface area (Å²) in [7, 11) is 0. The molecule has 0 heterocycles. The van der Waals surface area contributed by atoms with Crippen molar-refractivity contribution in [1.29, 1.82) is 0 Å². The maximum Gasteiger partial charge on any atom is 0.307 e. The standard InChI is InChI=1S/C21H29NO4/c1-2-25-21(24)14-16-22(15-13-18-9-5-3-6-10-18)20(23)17-26-19-11-7-4-8-12-19/h4,7-9,11-12H,2-3,5-6,10,13-17H2,1H3. The third-order valence-electron chi connectivity index (χ3n) is 4.44. The first-order chi connectivity index (χ1) is 12.7. The molecule has 0 aromatic heterocycles. The number of nitrogens with zero attached hydrogens (tertiary/aromatic N) is 1. The van der Waals surface area contributed by atoms with E-state index in [0.717, 1.165) is 19.3 Å². The fourth-order valence-corrected chi connectivity index (χ4v) is 2.98. The molecule has 0 radical (unpaired) electrons. The van der Waals surface area contributed by atoms with Gasteiger partial charge in [0.2, 0.25) is 0 Å². The molecule has 0 spiro atoms. The third-order valence-corrected chi connectivity index (χ3v) is 4.44. The number of amides is 1. The Morgan fingerprint density at radius 3 is 2.62 bits per heavy atom. The van der Waals surface area contributed by atoms with E-state index in [2.05, 4.69) is 6.08 Å². The predicted octanol–water partition coefficient (Wildman–Crippen LogP) is 3.74. The molecule has 142 valence electrons. The monoisotopic (exact) mass is 359 g/mol. The van der Waals surface area contributed by atoms with E-state index in [4.69, 9.17) is 9.47 Å². The summed E-state index contributed by atoms with van der Waals surface area (Å²) < 4.78 is 10.5. The van der Waals surface area contributed by atoms with Crippen molar-refractivity contribution in [2.75, 3.05) is 26.3 Å². The zero-order chi connectivity index (χ0) is 18.6. The fraction of sp³-hybridized carbons (Fsp3) is 0.524. The molecule has 0 fully saturated rings. The van der Waals surface area contributed by atoms with Gasteiger partial charge in [0.1, 0.15) is 5.75 Å². The minimum atomic E-state index is -0.272. The number of hydrogen-bond donors (Lipinski definition) is 0. The quantitative estimate of drug-likeness (QED) is 0.472. The smallest absolute Gasteiger partial charge is 0.307 e. The lowest BCUT2D eigenvalue weighted by Crippen LogP contribution is -2.37. The molecule has 5 heteroatoms. The van der Waals surface area contributed by atoms with Crippen LogP contribution in [-0.2, 0) is 14.3 Å². The van der Waals surface area contributed by atoms with Gasteiger partial charge in [-0.15, -0.1) is 0 Å². The average molecular weight is 359 g/mol. The van der Waals surface area contributed by atoms with Crippen LogP contribution in [0.5, 0.6) is 5.75 Å². The number of rotatable bonds is 10. The first kappa shape index (κ1) is 20.0. The van der Waals surface area contributed by atoms with Gasteiger partial charge >= 0.3 is 5.97 Å². The average Bonchev–Trinajstić information content (AvgIpc) is 2.68. The van der Waals surface area contributed by atoms with E-state index in [1.165, 1.54) is 18.4 Å². The van der Waals surface area contributed by atoms with Gasteiger partial charge < -0.3 is 14.4 Å². The van der Waals surface area contributed by atoms with Crippen LogP contribution in [0.15, 0.2) is 42.0 Å². The molecule has 0 N–H and O–H groups in total. The highest BCUT2D eigenvalue weighted by Crippen LogP contribution is 2.20. The van der Waals surface area contributed by atoms with Gasteiger partial charge in [-0.3, -0.25) is 9.59 Å². The summed E-state index contributed by atoms with van der Waals surface area (Å²) in [6.07, 6.45) is 8.07. The van der Waals surface area contributed by atoms with Gasteiger partial charge in [-0.05, 0) is 51.2 Å². The summed E-state index contributed by atoms with van der Waals surface area (Å²) in [5, 5.41) is 0. The van der Waals surface area contributed by atoms with E-state index in [1.807, 2.05) is 30.3 Å². The lowest BCUT2D eigenvalue weighted by atomic mass is 9.97. The molecule has 0 saturated carbocycles. The largest absolute Gasteiger partial charge is 0.484 e. The minimum absolute atomic E-state index is 0.0219. The first-order valence-corrected chi connectivity index (χ1v) is 9.48. The van der Waals surface area contributed by atoms with Crippen LogP contribution in [0.25, 0.3) is 0 Å². The molecule has 1 amide bonds. The summed E-state index contributed by atoms with van der Waals surface area (Å²) in [6, 6.07) is 9.28. The summed E-state index contributed by atoms with van der Waals surface area (Å²) in [6.45, 7) is 3.10. The highest BCUT2D eigenvalue weighted by Gasteiger charge is 2.17. The molecule has 1 aliphatic carbocycles. The number of carbonyl (C=O) groups excluding carboxylic acids is 2. The van der Waals surface area contributed by atoms with E-state index < -0.39 is 0 Å². The molecule has 1 aliphatic rings. The second-order valence-corrected chi connectivity index (χ2v) is 6.40. The van der Waals surface area contributed by atoms with Crippen molar-refractivity contribution in [2.45, 2.75) is 45.4 Å². The maximum absolute atomic E-state index is 12.6. The normalized spacial score (nSPS) is 13.7. The molecule has 0 bridgehead atoms. The van der Waals surface area contributed by atoms with E-state index in [1.54, 1.807) is 11.8 Å². The zero-order valence-corrected chi connectivity index (χ0v) is 15.6. The molecule has 0 atom stereocenters. The lowest BCUT2D eigenvalue weighted by Gasteiger charge is -2.24. The Bertz CT molecular complexity index is 597. The topological polar surface area (TPSA) is 55.8 Å². The number of para-hydroxylation sites is 1. The van der Waals surface area contributed by atoms with Crippen molar-refractivity contribution in [1.82, 2.24) is 4.90 Å². The highest BCUT2D eigenvalue weighted by atomic mass is 16.5. The predicted molar refractivity (Wildman–Crippen MR) is 101 cm³/mol. The maximum atomic E-state index is 12.6. The molecule has 2 rings (SSSR count). The zero-order valence-electron chi connectivity index (χ0n) is 15.6. The van der Waals surface area contributed by atoms with Gasteiger partial charge in [0, 0.05) is 13.1 Å². The van der Waals surface area contributed by atoms with Crippen LogP contribution >= 0.6 is 0 Å². The van der Waals surface area contributed by atoms with Crippen LogP contribution in [0.4, 0.5) is 0 Å². The summed E-state index contributed by atoms with van der Waals surface area (Å²) >= 11 is 0. The molecular formula is C21H29NO4. The number of carbonyl (C=O) groups is 2. The van der Waals surface area contributed by atoms with Gasteiger partial charge in [0.25, 0.3) is 5.91 Å². The Morgan fingerprint density at radius 2 is 1.92 bits per heavy atom. The van der Waals surface area contributed by atoms with Crippen molar-refractivity contribution in [3.05, 3.63) is 42.0 Å². The van der Waals surface area contributed by atoms with Crippen LogP contribution in [0.2, 0.25) is 0 Å². The Kier molecular flexibility index (Phi) is 8.73. The van der Waals surface area contributed by atoms with Gasteiger partial charge in [-0.1, -0.05) is 29.8 Å². The van der Waals surface area contributed by atoms with Crippen molar-refractivity contribution >= 4 is 11.9 Å². The van der Waals surface area contributed by atoms with Gasteiger partial charge in [-0.25, -0.2) is 0 Å². The number of hydrogen-bond acceptors (Lipinski definition) is 4. The van der Waals surface area contributed by atoms with E-state index >= 15 is 0 Å². The molecule has 26 heavy (non-hydrogen) atoms. The molecule has 1 aromatic carbocycles. The molecule has 0 aliphatic heterocycles. The number of allylic oxidation sites excluding steroid dienone is 1. The Hall–Kier alpha value is -2.30. The van der Waals surface area contributed by atoms with Crippen molar-refractivity contribution < 1.29 is 19.1 Å².